The molecule has 7 heteroatoms. The molecule has 0 saturated heterocycles. The summed E-state index contributed by atoms with van der Waals surface area (Å²) in [5.74, 6) is -1.84. The molecule has 2 atom stereocenters. The van der Waals surface area contributed by atoms with Crippen molar-refractivity contribution in [2.45, 2.75) is 114 Å². The van der Waals surface area contributed by atoms with Crippen molar-refractivity contribution in [3.63, 3.8) is 0 Å². The molecule has 2 aliphatic rings. The van der Waals surface area contributed by atoms with E-state index in [4.69, 9.17) is 9.47 Å². The van der Waals surface area contributed by atoms with Crippen molar-refractivity contribution in [3.05, 3.63) is 35.1 Å². The van der Waals surface area contributed by atoms with Gasteiger partial charge in [-0.25, -0.2) is 13.2 Å². The summed E-state index contributed by atoms with van der Waals surface area (Å²) in [5, 5.41) is 0. The first-order chi connectivity index (χ1) is 15.7. The zero-order chi connectivity index (χ0) is 24.1. The summed E-state index contributed by atoms with van der Waals surface area (Å²) in [5.41, 5.74) is -1.28. The molecule has 0 N–H and O–H groups in total. The normalized spacial score (nSPS) is 21.6. The summed E-state index contributed by atoms with van der Waals surface area (Å²) < 4.78 is 53.8. The average Bonchev–Trinajstić information content (AvgIpc) is 2.73. The quantitative estimate of drug-likeness (QED) is 0.397. The molecule has 33 heavy (non-hydrogen) atoms. The molecule has 1 aromatic carbocycles. The smallest absolute Gasteiger partial charge is 0.309 e. The van der Waals surface area contributed by atoms with Crippen LogP contribution in [0, 0.1) is 5.82 Å². The second-order valence-corrected chi connectivity index (χ2v) is 9.72. The van der Waals surface area contributed by atoms with Crippen molar-refractivity contribution in [2.75, 3.05) is 0 Å². The van der Waals surface area contributed by atoms with Crippen LogP contribution in [-0.4, -0.2) is 24.3 Å². The second kappa shape index (κ2) is 10.9. The minimum absolute atomic E-state index is 0.278. The summed E-state index contributed by atoms with van der Waals surface area (Å²) in [7, 11) is 0. The van der Waals surface area contributed by atoms with E-state index < -0.39 is 41.3 Å². The maximum absolute atomic E-state index is 15.6. The highest BCUT2D eigenvalue weighted by atomic mass is 19.1. The van der Waals surface area contributed by atoms with Gasteiger partial charge in [0.25, 0.3) is 0 Å². The molecule has 184 valence electrons. The SMILES string of the molecule is CC(F)CC(=O)OC1(c2ccc(C3(OC(=O)CC(C)F)CCCCC3)c(F)c2)CCCCC1. The van der Waals surface area contributed by atoms with Crippen molar-refractivity contribution in [3.8, 4) is 0 Å². The molecule has 4 nitrogen and oxygen atoms in total. The monoisotopic (exact) mass is 468 g/mol. The highest BCUT2D eigenvalue weighted by Crippen LogP contribution is 2.45. The van der Waals surface area contributed by atoms with E-state index in [0.29, 0.717) is 31.2 Å². The molecule has 2 aliphatic carbocycles. The summed E-state index contributed by atoms with van der Waals surface area (Å²) in [6, 6.07) is 4.72. The van der Waals surface area contributed by atoms with Crippen LogP contribution in [0.25, 0.3) is 0 Å². The van der Waals surface area contributed by atoms with Crippen molar-refractivity contribution >= 4 is 11.9 Å². The van der Waals surface area contributed by atoms with Gasteiger partial charge >= 0.3 is 11.9 Å². The van der Waals surface area contributed by atoms with E-state index >= 15 is 4.39 Å². The fourth-order valence-electron chi connectivity index (χ4n) is 5.27. The van der Waals surface area contributed by atoms with Crippen molar-refractivity contribution in [1.29, 1.82) is 0 Å². The zero-order valence-corrected chi connectivity index (χ0v) is 19.6. The molecule has 0 spiro atoms. The molecule has 3 rings (SSSR count). The number of benzene rings is 1. The Balaban J connectivity index is 1.92. The van der Waals surface area contributed by atoms with E-state index in [9.17, 15) is 18.4 Å². The lowest BCUT2D eigenvalue weighted by Crippen LogP contribution is -2.37. The highest BCUT2D eigenvalue weighted by Gasteiger charge is 2.42. The van der Waals surface area contributed by atoms with Gasteiger partial charge in [-0.3, -0.25) is 9.59 Å². The van der Waals surface area contributed by atoms with E-state index in [0.717, 1.165) is 38.5 Å². The molecule has 0 aliphatic heterocycles. The first kappa shape index (κ1) is 25.6. The molecule has 0 bridgehead atoms. The number of carbonyl (C=O) groups excluding carboxylic acids is 2. The third kappa shape index (κ3) is 6.30. The number of hydrogen-bond acceptors (Lipinski definition) is 4. The third-order valence-corrected chi connectivity index (χ3v) is 6.82. The Morgan fingerprint density at radius 3 is 1.73 bits per heavy atom. The lowest BCUT2D eigenvalue weighted by Gasteiger charge is -2.39. The Bertz CT molecular complexity index is 825. The van der Waals surface area contributed by atoms with Crippen LogP contribution >= 0.6 is 0 Å². The van der Waals surface area contributed by atoms with Crippen molar-refractivity contribution in [2.24, 2.45) is 0 Å². The predicted molar refractivity (Wildman–Crippen MR) is 118 cm³/mol. The van der Waals surface area contributed by atoms with Gasteiger partial charge in [-0.2, -0.15) is 0 Å². The summed E-state index contributed by atoms with van der Waals surface area (Å²) in [6.45, 7) is 2.59. The van der Waals surface area contributed by atoms with E-state index in [1.54, 1.807) is 12.1 Å². The molecule has 0 aromatic heterocycles. The van der Waals surface area contributed by atoms with Gasteiger partial charge in [-0.05, 0) is 76.8 Å². The van der Waals surface area contributed by atoms with Crippen LogP contribution < -0.4 is 0 Å². The van der Waals surface area contributed by atoms with Gasteiger partial charge in [0.05, 0.1) is 12.8 Å². The third-order valence-electron chi connectivity index (χ3n) is 6.82. The number of hydrogen-bond donors (Lipinski definition) is 0. The van der Waals surface area contributed by atoms with Crippen molar-refractivity contribution < 1.29 is 32.2 Å². The fourth-order valence-corrected chi connectivity index (χ4v) is 5.27. The van der Waals surface area contributed by atoms with Gasteiger partial charge in [-0.1, -0.05) is 25.0 Å². The fraction of sp³-hybridized carbons (Fsp3) is 0.692. The van der Waals surface area contributed by atoms with Crippen LogP contribution in [0.4, 0.5) is 13.2 Å². The van der Waals surface area contributed by atoms with Crippen LogP contribution in [0.3, 0.4) is 0 Å². The Morgan fingerprint density at radius 1 is 0.818 bits per heavy atom. The number of alkyl halides is 2. The first-order valence-corrected chi connectivity index (χ1v) is 12.2. The Morgan fingerprint density at radius 2 is 1.27 bits per heavy atom. The van der Waals surface area contributed by atoms with Gasteiger partial charge in [0.1, 0.15) is 29.4 Å². The maximum atomic E-state index is 15.6. The lowest BCUT2D eigenvalue weighted by molar-refractivity contribution is -0.168. The molecule has 0 heterocycles. The Labute approximate surface area is 194 Å². The van der Waals surface area contributed by atoms with Crippen LogP contribution in [-0.2, 0) is 30.3 Å². The molecule has 2 unspecified atom stereocenters. The summed E-state index contributed by atoms with van der Waals surface area (Å²) in [6.07, 6.45) is 3.86. The molecule has 1 aromatic rings. The van der Waals surface area contributed by atoms with E-state index in [1.165, 1.54) is 19.9 Å². The standard InChI is InChI=1S/C26H35F3O4/c1-18(27)15-23(30)32-25(11-5-3-6-12-25)20-9-10-21(22(29)17-20)26(13-7-4-8-14-26)33-24(31)16-19(2)28/h9-10,17-19H,3-8,11-16H2,1-2H3. The van der Waals surface area contributed by atoms with Gasteiger partial charge in [0.15, 0.2) is 0 Å². The molecule has 0 amide bonds. The first-order valence-electron chi connectivity index (χ1n) is 12.2. The largest absolute Gasteiger partial charge is 0.454 e. The molecule has 0 radical (unpaired) electrons. The van der Waals surface area contributed by atoms with Gasteiger partial charge in [0.2, 0.25) is 0 Å². The molecule has 2 saturated carbocycles. The van der Waals surface area contributed by atoms with Gasteiger partial charge in [-0.15, -0.1) is 0 Å². The zero-order valence-electron chi connectivity index (χ0n) is 19.6. The van der Waals surface area contributed by atoms with Gasteiger partial charge in [0, 0.05) is 5.56 Å². The van der Waals surface area contributed by atoms with Crippen LogP contribution in [0.5, 0.6) is 0 Å². The number of carbonyl (C=O) groups is 2. The van der Waals surface area contributed by atoms with E-state index in [2.05, 4.69) is 0 Å². The summed E-state index contributed by atoms with van der Waals surface area (Å²) in [4.78, 5) is 24.6. The number of halogens is 3. The maximum Gasteiger partial charge on any atom is 0.309 e. The predicted octanol–water partition coefficient (Wildman–Crippen LogP) is 6.73. The highest BCUT2D eigenvalue weighted by molar-refractivity contribution is 5.71. The van der Waals surface area contributed by atoms with Crippen LogP contribution in [0.2, 0.25) is 0 Å². The molecule has 2 fully saturated rings. The van der Waals surface area contributed by atoms with Crippen LogP contribution in [0.15, 0.2) is 18.2 Å². The minimum Gasteiger partial charge on any atom is -0.454 e. The Hall–Kier alpha value is -2.05. The number of rotatable bonds is 8. The molecular formula is C26H35F3O4. The van der Waals surface area contributed by atoms with Gasteiger partial charge < -0.3 is 9.47 Å². The number of ether oxygens (including phenoxy) is 2. The van der Waals surface area contributed by atoms with E-state index in [-0.39, 0.29) is 18.4 Å². The van der Waals surface area contributed by atoms with Crippen LogP contribution in [0.1, 0.15) is 102 Å². The minimum atomic E-state index is -1.33. The van der Waals surface area contributed by atoms with E-state index in [1.807, 2.05) is 0 Å². The summed E-state index contributed by atoms with van der Waals surface area (Å²) >= 11 is 0. The number of esters is 2. The average molecular weight is 469 g/mol. The van der Waals surface area contributed by atoms with Crippen molar-refractivity contribution in [1.82, 2.24) is 0 Å². The topological polar surface area (TPSA) is 52.6 Å². The second-order valence-electron chi connectivity index (χ2n) is 9.72. The lowest BCUT2D eigenvalue weighted by atomic mass is 9.76. The molecular weight excluding hydrogens is 433 g/mol. The Kier molecular flexibility index (Phi) is 8.46.